The topological polar surface area (TPSA) is 63.0 Å². The van der Waals surface area contributed by atoms with E-state index in [4.69, 9.17) is 0 Å². The van der Waals surface area contributed by atoms with Crippen LogP contribution in [0.4, 0.5) is 0 Å². The van der Waals surface area contributed by atoms with Crippen LogP contribution in [-0.4, -0.2) is 11.0 Å². The molecule has 0 spiro atoms. The summed E-state index contributed by atoms with van der Waals surface area (Å²) in [5.74, 6) is 0. The van der Waals surface area contributed by atoms with Crippen LogP contribution in [0.15, 0.2) is 0 Å². The third-order valence-corrected chi connectivity index (χ3v) is 0. The second kappa shape index (κ2) is 20.5. The summed E-state index contributed by atoms with van der Waals surface area (Å²) in [6.07, 6.45) is 0. The van der Waals surface area contributed by atoms with Crippen LogP contribution in [0.5, 0.6) is 0 Å². The first-order valence-corrected chi connectivity index (χ1v) is 0. The van der Waals surface area contributed by atoms with E-state index in [1.54, 1.807) is 0 Å². The molecule has 4 heteroatoms. The minimum Gasteiger partial charge on any atom is -1.00 e. The Kier molecular flexibility index (Phi) is 199. The van der Waals surface area contributed by atoms with Crippen molar-refractivity contribution in [3.05, 3.63) is 0 Å². The van der Waals surface area contributed by atoms with Crippen molar-refractivity contribution in [2.45, 2.75) is 0 Å². The first-order chi connectivity index (χ1) is 0. The fourth-order valence-corrected chi connectivity index (χ4v) is 0. The predicted octanol–water partition coefficient (Wildman–Crippen LogP) is -7.30. The molecule has 0 aliphatic carbocycles. The summed E-state index contributed by atoms with van der Waals surface area (Å²) >= 11 is 0. The van der Waals surface area contributed by atoms with E-state index in [2.05, 4.69) is 0 Å². The van der Waals surface area contributed by atoms with Gasteiger partial charge < -0.3 is 13.8 Å². The normalized spacial score (nSPS) is 0. The van der Waals surface area contributed by atoms with Gasteiger partial charge in [0, 0.05) is 0 Å². The molecule has 0 aromatic heterocycles. The van der Waals surface area contributed by atoms with E-state index in [-0.39, 0.29) is 74.3 Å². The molecule has 2 nitrogen and oxygen atoms in total. The summed E-state index contributed by atoms with van der Waals surface area (Å²) in [4.78, 5) is 0. The molecule has 4 heavy (non-hydrogen) atoms. The molecule has 0 amide bonds. The molecular weight excluding hydrogens is 78.0 g/mol. The monoisotopic (exact) mass is 85.0 g/mol. The molecule has 0 saturated carbocycles. The van der Waals surface area contributed by atoms with E-state index >= 15 is 0 Å². The van der Waals surface area contributed by atoms with Crippen molar-refractivity contribution < 1.29 is 74.3 Å². The largest absolute Gasteiger partial charge is 1.00 e. The summed E-state index contributed by atoms with van der Waals surface area (Å²) < 4.78 is 0. The van der Waals surface area contributed by atoms with E-state index < -0.39 is 0 Å². The molecule has 0 bridgehead atoms. The molecule has 0 rings (SSSR count). The summed E-state index contributed by atoms with van der Waals surface area (Å²) in [6, 6.07) is 0. The van der Waals surface area contributed by atoms with Crippen molar-refractivity contribution in [1.29, 1.82) is 0 Å². The maximum absolute atomic E-state index is 0. The molecule has 0 heterocycles. The van der Waals surface area contributed by atoms with Gasteiger partial charge >= 0.3 is 60.5 Å². The molecule has 0 radical (unpaired) electrons. The Hall–Kier alpha value is 1.92. The maximum atomic E-state index is 0. The molecule has 0 aliphatic rings. The van der Waals surface area contributed by atoms with Gasteiger partial charge in [-0.1, -0.05) is 0 Å². The van der Waals surface area contributed by atoms with Crippen LogP contribution < -0.4 is 59.1 Å². The Balaban J connectivity index is 0. The number of rotatable bonds is 0. The Morgan fingerprint density at radius 2 is 1.00 bits per heavy atom. The minimum atomic E-state index is 0. The Labute approximate surface area is 73.6 Å². The molecule has 4 N–H and O–H groups in total. The second-order valence-electron chi connectivity index (χ2n) is 0. The van der Waals surface area contributed by atoms with Crippen molar-refractivity contribution in [3.63, 3.8) is 0 Å². The van der Waals surface area contributed by atoms with Crippen LogP contribution in [0.3, 0.4) is 0 Å². The smallest absolute Gasteiger partial charge is 1.00 e. The SMILES string of the molecule is O.O.[H+].[H-].[H-].[Na+].[Na+]. The van der Waals surface area contributed by atoms with Crippen molar-refractivity contribution in [2.75, 3.05) is 0 Å². The van der Waals surface area contributed by atoms with Gasteiger partial charge in [-0.2, -0.15) is 0 Å². The van der Waals surface area contributed by atoms with Gasteiger partial charge in [0.25, 0.3) is 0 Å². The summed E-state index contributed by atoms with van der Waals surface area (Å²) in [6.45, 7) is 0. The van der Waals surface area contributed by atoms with Crippen LogP contribution in [0.2, 0.25) is 0 Å². The Bertz CT molecular complexity index is 10.9. The molecule has 0 saturated heterocycles. The van der Waals surface area contributed by atoms with Gasteiger partial charge in [-0.3, -0.25) is 0 Å². The van der Waals surface area contributed by atoms with Crippen LogP contribution in [0.25, 0.3) is 0 Å². The third-order valence-electron chi connectivity index (χ3n) is 0. The summed E-state index contributed by atoms with van der Waals surface area (Å²) in [7, 11) is 0. The average Bonchev–Trinajstić information content (AvgIpc) is 0. The molecule has 0 atom stereocenters. The van der Waals surface area contributed by atoms with Crippen LogP contribution in [0.1, 0.15) is 4.28 Å². The zero-order valence-electron chi connectivity index (χ0n) is 6.00. The fraction of sp³-hybridized carbons (Fsp3) is 0. The van der Waals surface area contributed by atoms with Crippen LogP contribution >= 0.6 is 0 Å². The quantitative estimate of drug-likeness (QED) is 0.262. The number of hydrogen-bond donors (Lipinski definition) is 0. The van der Waals surface area contributed by atoms with Gasteiger partial charge in [0.1, 0.15) is 0 Å². The van der Waals surface area contributed by atoms with E-state index in [0.717, 1.165) is 0 Å². The van der Waals surface area contributed by atoms with Gasteiger partial charge in [-0.25, -0.2) is 0 Å². The van der Waals surface area contributed by atoms with Gasteiger partial charge in [-0.15, -0.1) is 0 Å². The first kappa shape index (κ1) is 38.9. The third kappa shape index (κ3) is 9.07. The van der Waals surface area contributed by atoms with Gasteiger partial charge in [0.15, 0.2) is 0 Å². The Morgan fingerprint density at radius 3 is 1.00 bits per heavy atom. The van der Waals surface area contributed by atoms with E-state index in [9.17, 15) is 0 Å². The number of hydrogen-bond acceptors (Lipinski definition) is 0. The van der Waals surface area contributed by atoms with Crippen molar-refractivity contribution >= 4 is 0 Å². The zero-order chi connectivity index (χ0) is 0. The van der Waals surface area contributed by atoms with E-state index in [0.29, 0.717) is 0 Å². The fourth-order valence-electron chi connectivity index (χ4n) is 0. The molecular formula is H7Na2O2+. The van der Waals surface area contributed by atoms with E-state index in [1.807, 2.05) is 0 Å². The van der Waals surface area contributed by atoms with Crippen molar-refractivity contribution in [3.8, 4) is 0 Å². The molecule has 0 fully saturated rings. The Morgan fingerprint density at radius 1 is 1.00 bits per heavy atom. The zero-order valence-corrected chi connectivity index (χ0v) is 7.00. The molecule has 0 aliphatic heterocycles. The van der Waals surface area contributed by atoms with Crippen molar-refractivity contribution in [2.24, 2.45) is 0 Å². The average molecular weight is 85.0 g/mol. The predicted molar refractivity (Wildman–Crippen MR) is 10.6 cm³/mol. The molecule has 0 aromatic carbocycles. The summed E-state index contributed by atoms with van der Waals surface area (Å²) in [5, 5.41) is 0. The molecule has 0 aromatic rings. The first-order valence-electron chi connectivity index (χ1n) is 0. The molecule has 0 unspecified atom stereocenters. The van der Waals surface area contributed by atoms with Crippen LogP contribution in [-0.2, 0) is 0 Å². The van der Waals surface area contributed by atoms with Crippen molar-refractivity contribution in [1.82, 2.24) is 0 Å². The van der Waals surface area contributed by atoms with Gasteiger partial charge in [0.2, 0.25) is 0 Å². The van der Waals surface area contributed by atoms with Gasteiger partial charge in [0.05, 0.1) is 0 Å². The standard InChI is InChI=1S/2Na.2H2O.2H/h;;2*1H2;;/q2*+1;;;2*-1/p+1. The van der Waals surface area contributed by atoms with Crippen LogP contribution in [0, 0.1) is 0 Å². The van der Waals surface area contributed by atoms with Gasteiger partial charge in [-0.05, 0) is 0 Å². The summed E-state index contributed by atoms with van der Waals surface area (Å²) in [5.41, 5.74) is 0. The second-order valence-corrected chi connectivity index (χ2v) is 0. The molecule has 20 valence electrons. The minimum absolute atomic E-state index is 0. The van der Waals surface area contributed by atoms with E-state index in [1.165, 1.54) is 0 Å². The maximum Gasteiger partial charge on any atom is 1.00 e.